The maximum Gasteiger partial charge on any atom is 0.317 e. The summed E-state index contributed by atoms with van der Waals surface area (Å²) < 4.78 is 10.6. The molecule has 1 N–H and O–H groups in total. The van der Waals surface area contributed by atoms with Crippen molar-refractivity contribution in [3.05, 3.63) is 48.5 Å². The maximum absolute atomic E-state index is 12.7. The summed E-state index contributed by atoms with van der Waals surface area (Å²) in [5.41, 5.74) is 2.35. The quantitative estimate of drug-likeness (QED) is 0.773. The lowest BCUT2D eigenvalue weighted by Crippen LogP contribution is -2.52. The van der Waals surface area contributed by atoms with Crippen LogP contribution in [0.5, 0.6) is 11.5 Å². The molecule has 2 amide bonds. The molecule has 0 saturated carbocycles. The van der Waals surface area contributed by atoms with Gasteiger partial charge in [-0.15, -0.1) is 0 Å². The van der Waals surface area contributed by atoms with Crippen LogP contribution in [0.3, 0.4) is 0 Å². The summed E-state index contributed by atoms with van der Waals surface area (Å²) in [5.74, 6) is 2.21. The molecular weight excluding hydrogens is 392 g/mol. The number of piperazine rings is 1. The van der Waals surface area contributed by atoms with Crippen molar-refractivity contribution in [2.24, 2.45) is 5.92 Å². The van der Waals surface area contributed by atoms with Crippen molar-refractivity contribution in [1.82, 2.24) is 10.2 Å². The number of carbonyl (C=O) groups is 1. The molecule has 166 valence electrons. The Morgan fingerprint density at radius 3 is 2.35 bits per heavy atom. The first-order valence-corrected chi connectivity index (χ1v) is 11.0. The Morgan fingerprint density at radius 2 is 1.65 bits per heavy atom. The Hall–Kier alpha value is -3.09. The van der Waals surface area contributed by atoms with E-state index in [4.69, 9.17) is 9.47 Å². The van der Waals surface area contributed by atoms with Crippen LogP contribution in [0.15, 0.2) is 48.5 Å². The van der Waals surface area contributed by atoms with E-state index in [0.717, 1.165) is 63.7 Å². The smallest absolute Gasteiger partial charge is 0.317 e. The van der Waals surface area contributed by atoms with Gasteiger partial charge in [0.25, 0.3) is 0 Å². The van der Waals surface area contributed by atoms with E-state index in [9.17, 15) is 4.79 Å². The highest BCUT2D eigenvalue weighted by Crippen LogP contribution is 2.26. The van der Waals surface area contributed by atoms with E-state index < -0.39 is 0 Å². The van der Waals surface area contributed by atoms with Crippen molar-refractivity contribution in [2.45, 2.75) is 6.42 Å². The maximum atomic E-state index is 12.7. The third-order valence-electron chi connectivity index (χ3n) is 6.25. The molecule has 0 bridgehead atoms. The number of nitrogens with one attached hydrogen (secondary N) is 1. The predicted octanol–water partition coefficient (Wildman–Crippen LogP) is 3.06. The summed E-state index contributed by atoms with van der Waals surface area (Å²) in [5, 5.41) is 3.16. The molecule has 2 aliphatic rings. The number of benzene rings is 2. The second-order valence-electron chi connectivity index (χ2n) is 8.16. The van der Waals surface area contributed by atoms with Gasteiger partial charge in [0.1, 0.15) is 11.5 Å². The fourth-order valence-corrected chi connectivity index (χ4v) is 4.35. The molecule has 7 nitrogen and oxygen atoms in total. The molecule has 31 heavy (non-hydrogen) atoms. The molecule has 0 spiro atoms. The van der Waals surface area contributed by atoms with E-state index in [2.05, 4.69) is 39.4 Å². The van der Waals surface area contributed by atoms with Gasteiger partial charge in [-0.05, 0) is 48.7 Å². The molecule has 0 aromatic heterocycles. The van der Waals surface area contributed by atoms with Gasteiger partial charge >= 0.3 is 6.03 Å². The van der Waals surface area contributed by atoms with Gasteiger partial charge in [-0.3, -0.25) is 0 Å². The number of amides is 2. The van der Waals surface area contributed by atoms with Crippen LogP contribution in [0.2, 0.25) is 0 Å². The van der Waals surface area contributed by atoms with Crippen molar-refractivity contribution < 1.29 is 14.3 Å². The van der Waals surface area contributed by atoms with Crippen LogP contribution in [-0.4, -0.2) is 71.0 Å². The van der Waals surface area contributed by atoms with E-state index in [-0.39, 0.29) is 6.03 Å². The standard InChI is InChI=1S/C24H32N4O3/c1-30-22-8-6-20(7-9-22)26-12-14-27(15-13-26)24(29)25-17-19-10-11-28(18-19)21-4-3-5-23(16-21)31-2/h3-9,16,19H,10-15,17-18H2,1-2H3,(H,25,29). The van der Waals surface area contributed by atoms with Gasteiger partial charge in [0.05, 0.1) is 14.2 Å². The van der Waals surface area contributed by atoms with E-state index >= 15 is 0 Å². The van der Waals surface area contributed by atoms with Gasteiger partial charge < -0.3 is 29.5 Å². The fourth-order valence-electron chi connectivity index (χ4n) is 4.35. The summed E-state index contributed by atoms with van der Waals surface area (Å²) in [6, 6.07) is 16.3. The number of urea groups is 1. The molecule has 2 saturated heterocycles. The van der Waals surface area contributed by atoms with Gasteiger partial charge in [0.15, 0.2) is 0 Å². The number of hydrogen-bond acceptors (Lipinski definition) is 5. The van der Waals surface area contributed by atoms with Crippen LogP contribution in [0, 0.1) is 5.92 Å². The average molecular weight is 425 g/mol. The molecule has 0 radical (unpaired) electrons. The normalized spacial score (nSPS) is 18.8. The number of methoxy groups -OCH3 is 2. The Labute approximate surface area is 184 Å². The minimum absolute atomic E-state index is 0.0502. The molecule has 2 aromatic rings. The van der Waals surface area contributed by atoms with Crippen LogP contribution in [0.1, 0.15) is 6.42 Å². The Kier molecular flexibility index (Phi) is 6.70. The van der Waals surface area contributed by atoms with Crippen LogP contribution in [-0.2, 0) is 0 Å². The molecule has 1 atom stereocenters. The van der Waals surface area contributed by atoms with Gasteiger partial charge in [-0.1, -0.05) is 6.07 Å². The first-order chi connectivity index (χ1) is 15.2. The summed E-state index contributed by atoms with van der Waals surface area (Å²) in [6.07, 6.45) is 1.09. The molecule has 2 aromatic carbocycles. The Morgan fingerprint density at radius 1 is 0.903 bits per heavy atom. The number of rotatable bonds is 6. The van der Waals surface area contributed by atoms with Crippen molar-refractivity contribution in [3.8, 4) is 11.5 Å². The van der Waals surface area contributed by atoms with Crippen molar-refractivity contribution in [2.75, 3.05) is 69.8 Å². The van der Waals surface area contributed by atoms with Crippen LogP contribution >= 0.6 is 0 Å². The van der Waals surface area contributed by atoms with Gasteiger partial charge in [0, 0.05) is 63.3 Å². The van der Waals surface area contributed by atoms with E-state index in [1.54, 1.807) is 14.2 Å². The lowest BCUT2D eigenvalue weighted by atomic mass is 10.1. The highest BCUT2D eigenvalue weighted by atomic mass is 16.5. The minimum atomic E-state index is 0.0502. The van der Waals surface area contributed by atoms with Crippen LogP contribution in [0.4, 0.5) is 16.2 Å². The van der Waals surface area contributed by atoms with Crippen LogP contribution < -0.4 is 24.6 Å². The predicted molar refractivity (Wildman–Crippen MR) is 123 cm³/mol. The molecule has 7 heteroatoms. The lowest BCUT2D eigenvalue weighted by molar-refractivity contribution is 0.193. The number of nitrogens with zero attached hydrogens (tertiary/aromatic N) is 3. The highest BCUT2D eigenvalue weighted by Gasteiger charge is 2.25. The zero-order valence-electron chi connectivity index (χ0n) is 18.4. The summed E-state index contributed by atoms with van der Waals surface area (Å²) in [6.45, 7) is 5.83. The fraction of sp³-hybridized carbons (Fsp3) is 0.458. The number of carbonyl (C=O) groups excluding carboxylic acids is 1. The molecule has 2 heterocycles. The molecule has 0 aliphatic carbocycles. The van der Waals surface area contributed by atoms with Gasteiger partial charge in [0.2, 0.25) is 0 Å². The van der Waals surface area contributed by atoms with Gasteiger partial charge in [-0.25, -0.2) is 4.79 Å². The van der Waals surface area contributed by atoms with Gasteiger partial charge in [-0.2, -0.15) is 0 Å². The van der Waals surface area contributed by atoms with E-state index in [0.29, 0.717) is 5.92 Å². The van der Waals surface area contributed by atoms with E-state index in [1.165, 1.54) is 11.4 Å². The first-order valence-electron chi connectivity index (χ1n) is 11.0. The monoisotopic (exact) mass is 424 g/mol. The highest BCUT2D eigenvalue weighted by molar-refractivity contribution is 5.74. The molecule has 4 rings (SSSR count). The SMILES string of the molecule is COc1ccc(N2CCN(C(=O)NCC3CCN(c4cccc(OC)c4)C3)CC2)cc1. The second kappa shape index (κ2) is 9.81. The molecule has 2 fully saturated rings. The van der Waals surface area contributed by atoms with Crippen LogP contribution in [0.25, 0.3) is 0 Å². The Bertz CT molecular complexity index is 865. The molecule has 2 aliphatic heterocycles. The summed E-state index contributed by atoms with van der Waals surface area (Å²) >= 11 is 0. The zero-order chi connectivity index (χ0) is 21.6. The second-order valence-corrected chi connectivity index (χ2v) is 8.16. The summed E-state index contributed by atoms with van der Waals surface area (Å²) in [7, 11) is 3.37. The minimum Gasteiger partial charge on any atom is -0.497 e. The van der Waals surface area contributed by atoms with Crippen molar-refractivity contribution in [3.63, 3.8) is 0 Å². The Balaban J connectivity index is 1.21. The summed E-state index contributed by atoms with van der Waals surface area (Å²) in [4.78, 5) is 19.3. The average Bonchev–Trinajstić information content (AvgIpc) is 3.32. The largest absolute Gasteiger partial charge is 0.497 e. The first kappa shape index (κ1) is 21.2. The number of anilines is 2. The topological polar surface area (TPSA) is 57.3 Å². The zero-order valence-corrected chi connectivity index (χ0v) is 18.4. The van der Waals surface area contributed by atoms with Crippen molar-refractivity contribution >= 4 is 17.4 Å². The third kappa shape index (κ3) is 5.16. The third-order valence-corrected chi connectivity index (χ3v) is 6.25. The molecular formula is C24H32N4O3. The number of hydrogen-bond donors (Lipinski definition) is 1. The lowest BCUT2D eigenvalue weighted by Gasteiger charge is -2.36. The molecule has 1 unspecified atom stereocenters. The van der Waals surface area contributed by atoms with E-state index in [1.807, 2.05) is 29.2 Å². The van der Waals surface area contributed by atoms with Crippen molar-refractivity contribution in [1.29, 1.82) is 0 Å². The number of ether oxygens (including phenoxy) is 2.